The molecule has 0 saturated carbocycles. The van der Waals surface area contributed by atoms with Crippen LogP contribution in [0.4, 0.5) is 0 Å². The quantitative estimate of drug-likeness (QED) is 0.369. The van der Waals surface area contributed by atoms with Crippen LogP contribution < -0.4 is 11.1 Å². The van der Waals surface area contributed by atoms with Crippen molar-refractivity contribution in [2.75, 3.05) is 13.2 Å². The molecule has 8 nitrogen and oxygen atoms in total. The molecule has 0 bridgehead atoms. The Hall–Kier alpha value is -1.91. The number of aliphatic hydroxyl groups is 2. The summed E-state index contributed by atoms with van der Waals surface area (Å²) in [6, 6.07) is 7.27. The molecule has 9 heteroatoms. The van der Waals surface area contributed by atoms with E-state index in [9.17, 15) is 24.9 Å². The first-order valence-electron chi connectivity index (χ1n) is 10.7. The van der Waals surface area contributed by atoms with E-state index < -0.39 is 12.1 Å². The first-order valence-corrected chi connectivity index (χ1v) is 11.5. The fourth-order valence-corrected chi connectivity index (χ4v) is 6.51. The molecule has 3 aliphatic heterocycles. The molecule has 168 valence electrons. The number of β-lactam (4-membered cyclic amide) rings is 1. The number of benzene rings is 1. The molecule has 31 heavy (non-hydrogen) atoms. The molecule has 0 aliphatic carbocycles. The van der Waals surface area contributed by atoms with E-state index in [-0.39, 0.29) is 47.4 Å². The van der Waals surface area contributed by atoms with Crippen LogP contribution in [-0.4, -0.2) is 62.6 Å². The zero-order valence-corrected chi connectivity index (χ0v) is 18.2. The highest BCUT2D eigenvalue weighted by molar-refractivity contribution is 8.03. The normalized spacial score (nSPS) is 31.0. The molecule has 1 unspecified atom stereocenters. The van der Waals surface area contributed by atoms with Crippen molar-refractivity contribution in [1.82, 2.24) is 10.2 Å². The summed E-state index contributed by atoms with van der Waals surface area (Å²) in [5.74, 6) is -1.70. The number of nitrogens with zero attached hydrogens (tertiary/aromatic N) is 1. The van der Waals surface area contributed by atoms with Crippen LogP contribution in [0.2, 0.25) is 0 Å². The van der Waals surface area contributed by atoms with Crippen molar-refractivity contribution in [3.63, 3.8) is 0 Å². The number of carbonyl (C=O) groups is 2. The first kappa shape index (κ1) is 22.3. The van der Waals surface area contributed by atoms with E-state index in [4.69, 9.17) is 5.73 Å². The van der Waals surface area contributed by atoms with Crippen LogP contribution >= 0.6 is 11.8 Å². The number of nitrogens with two attached hydrogens (primary N) is 1. The second-order valence-corrected chi connectivity index (χ2v) is 9.85. The number of nitrogens with one attached hydrogen (secondary N) is 1. The lowest BCUT2D eigenvalue weighted by Crippen LogP contribution is -2.60. The Bertz CT molecular complexity index is 890. The van der Waals surface area contributed by atoms with E-state index in [1.807, 2.05) is 31.2 Å². The molecular formula is C22H29N3O5S. The van der Waals surface area contributed by atoms with Crippen LogP contribution in [-0.2, 0) is 16.1 Å². The summed E-state index contributed by atoms with van der Waals surface area (Å²) in [4.78, 5) is 26.6. The number of rotatable bonds is 8. The Labute approximate surface area is 185 Å². The number of aliphatic hydroxyl groups excluding tert-OH is 2. The van der Waals surface area contributed by atoms with Crippen molar-refractivity contribution in [1.29, 1.82) is 0 Å². The van der Waals surface area contributed by atoms with Crippen molar-refractivity contribution in [3.8, 4) is 0 Å². The van der Waals surface area contributed by atoms with Gasteiger partial charge in [-0.05, 0) is 24.0 Å². The van der Waals surface area contributed by atoms with Gasteiger partial charge in [0, 0.05) is 41.8 Å². The lowest BCUT2D eigenvalue weighted by atomic mass is 9.80. The molecular weight excluding hydrogens is 418 g/mol. The number of carbonyl (C=O) groups excluding carboxylic acids is 1. The van der Waals surface area contributed by atoms with Gasteiger partial charge < -0.3 is 31.3 Å². The van der Waals surface area contributed by atoms with Gasteiger partial charge in [-0.15, -0.1) is 11.8 Å². The summed E-state index contributed by atoms with van der Waals surface area (Å²) in [7, 11) is 0. The number of carboxylic acid groups (broad SMARTS) is 1. The number of carboxylic acids is 1. The Morgan fingerprint density at radius 2 is 2.06 bits per heavy atom. The average molecular weight is 448 g/mol. The smallest absolute Gasteiger partial charge is 0.353 e. The number of aliphatic carboxylic acids is 1. The first-order chi connectivity index (χ1) is 14.9. The molecule has 3 heterocycles. The van der Waals surface area contributed by atoms with Gasteiger partial charge in [0.1, 0.15) is 5.70 Å². The number of hydrogen-bond acceptors (Lipinski definition) is 7. The highest BCUT2D eigenvalue weighted by atomic mass is 32.2. The van der Waals surface area contributed by atoms with Gasteiger partial charge in [0.25, 0.3) is 0 Å². The van der Waals surface area contributed by atoms with Crippen LogP contribution in [0.25, 0.3) is 0 Å². The Morgan fingerprint density at radius 1 is 1.35 bits per heavy atom. The average Bonchev–Trinajstić information content (AvgIpc) is 3.33. The second-order valence-electron chi connectivity index (χ2n) is 8.51. The van der Waals surface area contributed by atoms with E-state index >= 15 is 0 Å². The molecule has 3 aliphatic rings. The Morgan fingerprint density at radius 3 is 2.68 bits per heavy atom. The maximum absolute atomic E-state index is 12.5. The van der Waals surface area contributed by atoms with Gasteiger partial charge in [-0.3, -0.25) is 4.79 Å². The van der Waals surface area contributed by atoms with Crippen molar-refractivity contribution < 1.29 is 24.9 Å². The number of hydrogen-bond donors (Lipinski definition) is 5. The summed E-state index contributed by atoms with van der Waals surface area (Å²) in [5, 5.41) is 33.3. The fourth-order valence-electron chi connectivity index (χ4n) is 5.02. The standard InChI is InChI=1S/C22H29N3O5S/c1-11-17-15(6-7-26)21(28)25(17)18(22(29)30)20(11)31-14-8-16(24-10-14)19(27)13-4-2-12(9-23)3-5-13/h2-5,11,14-17,19,24,26-27H,6-10,23H2,1H3,(H,29,30)/t11-,14+,15+,16+,17-,19?/m1/s1. The number of fused-ring (bicyclic) bond motifs is 1. The third-order valence-electron chi connectivity index (χ3n) is 6.66. The van der Waals surface area contributed by atoms with Crippen LogP contribution in [0, 0.1) is 11.8 Å². The third-order valence-corrected chi connectivity index (χ3v) is 8.18. The van der Waals surface area contributed by atoms with Gasteiger partial charge in [-0.2, -0.15) is 0 Å². The summed E-state index contributed by atoms with van der Waals surface area (Å²) < 4.78 is 0. The summed E-state index contributed by atoms with van der Waals surface area (Å²) in [5.41, 5.74) is 7.55. The molecule has 0 aromatic heterocycles. The SMILES string of the molecule is C[C@H]1C(S[C@@H]2CN[C@H](C(O)c3ccc(CN)cc3)C2)=C(C(=O)O)N2C(=O)[C@@H](CCO)[C@@H]12. The molecule has 1 aromatic carbocycles. The second kappa shape index (κ2) is 8.91. The van der Waals surface area contributed by atoms with Crippen LogP contribution in [0.5, 0.6) is 0 Å². The van der Waals surface area contributed by atoms with Gasteiger partial charge in [-0.25, -0.2) is 4.79 Å². The maximum atomic E-state index is 12.5. The van der Waals surface area contributed by atoms with Gasteiger partial charge >= 0.3 is 5.97 Å². The predicted molar refractivity (Wildman–Crippen MR) is 117 cm³/mol. The predicted octanol–water partition coefficient (Wildman–Crippen LogP) is 0.798. The summed E-state index contributed by atoms with van der Waals surface area (Å²) in [6.45, 7) is 2.97. The topological polar surface area (TPSA) is 136 Å². The largest absolute Gasteiger partial charge is 0.477 e. The Kier molecular flexibility index (Phi) is 6.41. The van der Waals surface area contributed by atoms with Crippen LogP contribution in [0.15, 0.2) is 34.9 Å². The molecule has 6 atom stereocenters. The monoisotopic (exact) mass is 447 g/mol. The third kappa shape index (κ3) is 3.89. The van der Waals surface area contributed by atoms with E-state index in [1.54, 1.807) is 0 Å². The molecule has 6 N–H and O–H groups in total. The molecule has 2 fully saturated rings. The zero-order valence-electron chi connectivity index (χ0n) is 17.4. The number of amides is 1. The number of thioether (sulfide) groups is 1. The minimum atomic E-state index is -1.09. The molecule has 0 spiro atoms. The van der Waals surface area contributed by atoms with Gasteiger partial charge in [-0.1, -0.05) is 31.2 Å². The molecule has 4 rings (SSSR count). The lowest BCUT2D eigenvalue weighted by Gasteiger charge is -2.45. The van der Waals surface area contributed by atoms with Crippen molar-refractivity contribution in [2.24, 2.45) is 17.6 Å². The van der Waals surface area contributed by atoms with E-state index in [0.29, 0.717) is 25.9 Å². The lowest BCUT2D eigenvalue weighted by molar-refractivity contribution is -0.157. The minimum absolute atomic E-state index is 0.0851. The maximum Gasteiger partial charge on any atom is 0.353 e. The van der Waals surface area contributed by atoms with E-state index in [0.717, 1.165) is 16.0 Å². The molecule has 0 radical (unpaired) electrons. The Balaban J connectivity index is 1.45. The van der Waals surface area contributed by atoms with Crippen LogP contribution in [0.1, 0.15) is 37.0 Å². The molecule has 2 saturated heterocycles. The molecule has 1 aromatic rings. The molecule has 1 amide bonds. The van der Waals surface area contributed by atoms with E-state index in [2.05, 4.69) is 5.32 Å². The summed E-state index contributed by atoms with van der Waals surface area (Å²) in [6.07, 6.45) is 0.380. The van der Waals surface area contributed by atoms with Crippen molar-refractivity contribution in [2.45, 2.75) is 49.7 Å². The fraction of sp³-hybridized carbons (Fsp3) is 0.545. The van der Waals surface area contributed by atoms with Gasteiger partial charge in [0.05, 0.1) is 18.1 Å². The highest BCUT2D eigenvalue weighted by Gasteiger charge is 2.58. The van der Waals surface area contributed by atoms with Crippen molar-refractivity contribution >= 4 is 23.6 Å². The van der Waals surface area contributed by atoms with E-state index in [1.165, 1.54) is 16.7 Å². The van der Waals surface area contributed by atoms with Crippen LogP contribution in [0.3, 0.4) is 0 Å². The van der Waals surface area contributed by atoms with Crippen molar-refractivity contribution in [3.05, 3.63) is 46.0 Å². The summed E-state index contributed by atoms with van der Waals surface area (Å²) >= 11 is 1.50. The highest BCUT2D eigenvalue weighted by Crippen LogP contribution is 2.52. The minimum Gasteiger partial charge on any atom is -0.477 e. The zero-order chi connectivity index (χ0) is 22.3. The van der Waals surface area contributed by atoms with Gasteiger partial charge in [0.2, 0.25) is 5.91 Å². The van der Waals surface area contributed by atoms with Gasteiger partial charge in [0.15, 0.2) is 0 Å².